The Kier molecular flexibility index (Phi) is 6.07. The SMILES string of the molecule is C[C@H](OC(=O)[C@H]1COc2ccccc2O1)C(=O)Nc1ccc(N2CCCCC2)cc1. The monoisotopic (exact) mass is 410 g/mol. The van der Waals surface area contributed by atoms with Crippen molar-refractivity contribution in [2.75, 3.05) is 29.9 Å². The van der Waals surface area contributed by atoms with Crippen molar-refractivity contribution in [3.63, 3.8) is 0 Å². The fourth-order valence-corrected chi connectivity index (χ4v) is 3.59. The highest BCUT2D eigenvalue weighted by Gasteiger charge is 2.31. The summed E-state index contributed by atoms with van der Waals surface area (Å²) in [7, 11) is 0. The van der Waals surface area contributed by atoms with Crippen molar-refractivity contribution in [2.24, 2.45) is 0 Å². The smallest absolute Gasteiger partial charge is 0.351 e. The maximum atomic E-state index is 12.4. The molecule has 2 heterocycles. The number of nitrogens with zero attached hydrogens (tertiary/aromatic N) is 1. The van der Waals surface area contributed by atoms with Crippen LogP contribution in [-0.4, -0.2) is 43.8 Å². The predicted octanol–water partition coefficient (Wildman–Crippen LogP) is 3.39. The number of amides is 1. The topological polar surface area (TPSA) is 77.1 Å². The van der Waals surface area contributed by atoms with E-state index in [9.17, 15) is 9.59 Å². The van der Waals surface area contributed by atoms with Crippen molar-refractivity contribution < 1.29 is 23.8 Å². The average Bonchev–Trinajstić information content (AvgIpc) is 2.79. The number of fused-ring (bicyclic) bond motifs is 1. The molecule has 2 atom stereocenters. The van der Waals surface area contributed by atoms with Gasteiger partial charge in [-0.15, -0.1) is 0 Å². The van der Waals surface area contributed by atoms with Crippen LogP contribution in [0.5, 0.6) is 11.5 Å². The normalized spacial score (nSPS) is 19.0. The van der Waals surface area contributed by atoms with E-state index in [0.717, 1.165) is 18.8 Å². The molecule has 158 valence electrons. The van der Waals surface area contributed by atoms with Gasteiger partial charge in [0.15, 0.2) is 17.6 Å². The lowest BCUT2D eigenvalue weighted by Gasteiger charge is -2.29. The standard InChI is InChI=1S/C23H26N2O5/c1-16(29-23(27)21-15-28-19-7-3-4-8-20(19)30-21)22(26)24-17-9-11-18(12-10-17)25-13-5-2-6-14-25/h3-4,7-12,16,21H,2,5-6,13-15H2,1H3,(H,24,26)/t16-,21+/m0/s1. The third-order valence-corrected chi connectivity index (χ3v) is 5.29. The molecule has 2 aromatic rings. The second kappa shape index (κ2) is 9.07. The maximum absolute atomic E-state index is 12.4. The fraction of sp³-hybridized carbons (Fsp3) is 0.391. The second-order valence-corrected chi connectivity index (χ2v) is 7.53. The van der Waals surface area contributed by atoms with Crippen molar-refractivity contribution >= 4 is 23.3 Å². The van der Waals surface area contributed by atoms with Crippen LogP contribution in [0.3, 0.4) is 0 Å². The van der Waals surface area contributed by atoms with E-state index < -0.39 is 24.1 Å². The number of para-hydroxylation sites is 2. The third kappa shape index (κ3) is 4.67. The van der Waals surface area contributed by atoms with Crippen LogP contribution in [0, 0.1) is 0 Å². The lowest BCUT2D eigenvalue weighted by atomic mass is 10.1. The lowest BCUT2D eigenvalue weighted by Crippen LogP contribution is -2.41. The molecule has 4 rings (SSSR count). The quantitative estimate of drug-likeness (QED) is 0.762. The molecular formula is C23H26N2O5. The number of rotatable bonds is 5. The van der Waals surface area contributed by atoms with Crippen molar-refractivity contribution in [1.82, 2.24) is 0 Å². The predicted molar refractivity (Wildman–Crippen MR) is 113 cm³/mol. The molecule has 0 radical (unpaired) electrons. The van der Waals surface area contributed by atoms with Gasteiger partial charge in [-0.2, -0.15) is 0 Å². The molecule has 2 aliphatic heterocycles. The fourth-order valence-electron chi connectivity index (χ4n) is 3.59. The zero-order valence-electron chi connectivity index (χ0n) is 17.0. The van der Waals surface area contributed by atoms with Gasteiger partial charge in [-0.1, -0.05) is 12.1 Å². The molecule has 1 N–H and O–H groups in total. The number of hydrogen-bond donors (Lipinski definition) is 1. The Morgan fingerprint density at radius 3 is 2.47 bits per heavy atom. The minimum Gasteiger partial charge on any atom is -0.485 e. The number of benzene rings is 2. The Morgan fingerprint density at radius 1 is 1.03 bits per heavy atom. The summed E-state index contributed by atoms with van der Waals surface area (Å²) in [6, 6.07) is 14.8. The van der Waals surface area contributed by atoms with Crippen LogP contribution in [0.25, 0.3) is 0 Å². The first-order valence-electron chi connectivity index (χ1n) is 10.3. The molecule has 30 heavy (non-hydrogen) atoms. The summed E-state index contributed by atoms with van der Waals surface area (Å²) >= 11 is 0. The Morgan fingerprint density at radius 2 is 1.73 bits per heavy atom. The zero-order valence-corrected chi connectivity index (χ0v) is 17.0. The summed E-state index contributed by atoms with van der Waals surface area (Å²) < 4.78 is 16.4. The van der Waals surface area contributed by atoms with E-state index >= 15 is 0 Å². The van der Waals surface area contributed by atoms with E-state index in [4.69, 9.17) is 14.2 Å². The first-order valence-corrected chi connectivity index (χ1v) is 10.3. The number of ether oxygens (including phenoxy) is 3. The average molecular weight is 410 g/mol. The number of nitrogens with one attached hydrogen (secondary N) is 1. The van der Waals surface area contributed by atoms with Gasteiger partial charge in [-0.25, -0.2) is 4.79 Å². The van der Waals surface area contributed by atoms with E-state index in [0.29, 0.717) is 17.2 Å². The van der Waals surface area contributed by atoms with Crippen LogP contribution in [0.2, 0.25) is 0 Å². The minimum absolute atomic E-state index is 0.0438. The second-order valence-electron chi connectivity index (χ2n) is 7.53. The Labute approximate surface area is 175 Å². The molecular weight excluding hydrogens is 384 g/mol. The Bertz CT molecular complexity index is 893. The van der Waals surface area contributed by atoms with E-state index in [-0.39, 0.29) is 6.61 Å². The number of carbonyl (C=O) groups excluding carboxylic acids is 2. The maximum Gasteiger partial charge on any atom is 0.351 e. The van der Waals surface area contributed by atoms with E-state index in [1.165, 1.54) is 26.2 Å². The number of piperidine rings is 1. The molecule has 2 aromatic carbocycles. The molecule has 2 aliphatic rings. The van der Waals surface area contributed by atoms with Crippen molar-refractivity contribution in [3.8, 4) is 11.5 Å². The van der Waals surface area contributed by atoms with Crippen LogP contribution >= 0.6 is 0 Å². The molecule has 1 saturated heterocycles. The third-order valence-electron chi connectivity index (χ3n) is 5.29. The van der Waals surface area contributed by atoms with Crippen LogP contribution in [-0.2, 0) is 14.3 Å². The first kappa shape index (κ1) is 20.1. The van der Waals surface area contributed by atoms with Gasteiger partial charge in [0.25, 0.3) is 5.91 Å². The molecule has 7 nitrogen and oxygen atoms in total. The highest BCUT2D eigenvalue weighted by atomic mass is 16.6. The molecule has 0 saturated carbocycles. The minimum atomic E-state index is -0.958. The van der Waals surface area contributed by atoms with E-state index in [1.807, 2.05) is 30.3 Å². The van der Waals surface area contributed by atoms with Gasteiger partial charge >= 0.3 is 5.97 Å². The molecule has 1 fully saturated rings. The van der Waals surface area contributed by atoms with Gasteiger partial charge in [0.1, 0.15) is 6.61 Å². The highest BCUT2D eigenvalue weighted by Crippen LogP contribution is 2.31. The van der Waals surface area contributed by atoms with Crippen LogP contribution in [0.1, 0.15) is 26.2 Å². The summed E-state index contributed by atoms with van der Waals surface area (Å²) in [5, 5.41) is 2.79. The molecule has 0 aromatic heterocycles. The molecule has 1 amide bonds. The molecule has 0 aliphatic carbocycles. The number of anilines is 2. The Hall–Kier alpha value is -3.22. The van der Waals surface area contributed by atoms with Gasteiger partial charge in [0.05, 0.1) is 0 Å². The van der Waals surface area contributed by atoms with Gasteiger partial charge < -0.3 is 24.4 Å². The lowest BCUT2D eigenvalue weighted by molar-refractivity contribution is -0.162. The molecule has 0 unspecified atom stereocenters. The number of esters is 1. The summed E-state index contributed by atoms with van der Waals surface area (Å²) in [6.07, 6.45) is 1.84. The van der Waals surface area contributed by atoms with Crippen LogP contribution in [0.15, 0.2) is 48.5 Å². The van der Waals surface area contributed by atoms with Gasteiger partial charge in [0, 0.05) is 24.5 Å². The summed E-state index contributed by atoms with van der Waals surface area (Å²) in [5.74, 6) is 0.0377. The largest absolute Gasteiger partial charge is 0.485 e. The van der Waals surface area contributed by atoms with E-state index in [1.54, 1.807) is 18.2 Å². The number of carbonyl (C=O) groups is 2. The first-order chi connectivity index (χ1) is 14.6. The Balaban J connectivity index is 1.29. The zero-order chi connectivity index (χ0) is 20.9. The summed E-state index contributed by atoms with van der Waals surface area (Å²) in [5.41, 5.74) is 1.82. The van der Waals surface area contributed by atoms with Gasteiger partial charge in [-0.3, -0.25) is 4.79 Å². The molecule has 0 bridgehead atoms. The number of hydrogen-bond acceptors (Lipinski definition) is 6. The van der Waals surface area contributed by atoms with E-state index in [2.05, 4.69) is 10.2 Å². The van der Waals surface area contributed by atoms with Crippen molar-refractivity contribution in [3.05, 3.63) is 48.5 Å². The molecule has 7 heteroatoms. The van der Waals surface area contributed by atoms with Crippen molar-refractivity contribution in [1.29, 1.82) is 0 Å². The van der Waals surface area contributed by atoms with Crippen molar-refractivity contribution in [2.45, 2.75) is 38.4 Å². The molecule has 0 spiro atoms. The summed E-state index contributed by atoms with van der Waals surface area (Å²) in [6.45, 7) is 3.71. The highest BCUT2D eigenvalue weighted by molar-refractivity contribution is 5.95. The van der Waals surface area contributed by atoms with Crippen LogP contribution in [0.4, 0.5) is 11.4 Å². The van der Waals surface area contributed by atoms with Gasteiger partial charge in [-0.05, 0) is 62.6 Å². The van der Waals surface area contributed by atoms with Crippen LogP contribution < -0.4 is 19.7 Å². The summed E-state index contributed by atoms with van der Waals surface area (Å²) in [4.78, 5) is 27.2. The van der Waals surface area contributed by atoms with Gasteiger partial charge in [0.2, 0.25) is 6.10 Å².